The van der Waals surface area contributed by atoms with Gasteiger partial charge in [-0.1, -0.05) is 0 Å². The normalized spacial score (nSPS) is 21.8. The SMILES string of the molecule is CO[C@H]1C(C(=O)O)=CC(C2CC2)=C2C(C)=C(c3cc(F)c(N)cc3F)C=CN21. The zero-order chi connectivity index (χ0) is 20.2. The minimum atomic E-state index is -1.04. The molecule has 0 bridgehead atoms. The lowest BCUT2D eigenvalue weighted by Gasteiger charge is -2.39. The number of fused-ring (bicyclic) bond motifs is 1. The maximum atomic E-state index is 14.5. The van der Waals surface area contributed by atoms with Gasteiger partial charge in [-0.2, -0.15) is 0 Å². The summed E-state index contributed by atoms with van der Waals surface area (Å²) in [6.45, 7) is 1.82. The number of hydrogen-bond acceptors (Lipinski definition) is 4. The minimum Gasteiger partial charge on any atom is -0.478 e. The van der Waals surface area contributed by atoms with Gasteiger partial charge in [-0.15, -0.1) is 0 Å². The first-order valence-corrected chi connectivity index (χ1v) is 8.98. The van der Waals surface area contributed by atoms with Crippen molar-refractivity contribution in [3.05, 3.63) is 70.1 Å². The lowest BCUT2D eigenvalue weighted by atomic mass is 9.88. The third kappa shape index (κ3) is 2.82. The highest BCUT2D eigenvalue weighted by molar-refractivity contribution is 5.90. The lowest BCUT2D eigenvalue weighted by molar-refractivity contribution is -0.135. The van der Waals surface area contributed by atoms with Crippen molar-refractivity contribution in [2.24, 2.45) is 5.92 Å². The van der Waals surface area contributed by atoms with E-state index in [-0.39, 0.29) is 22.7 Å². The summed E-state index contributed by atoms with van der Waals surface area (Å²) in [5.74, 6) is -2.09. The first-order chi connectivity index (χ1) is 13.3. The number of aliphatic carboxylic acids is 1. The quantitative estimate of drug-likeness (QED) is 0.770. The van der Waals surface area contributed by atoms with Crippen molar-refractivity contribution in [3.63, 3.8) is 0 Å². The molecule has 1 fully saturated rings. The number of carboxylic acid groups (broad SMARTS) is 1. The molecule has 0 aromatic heterocycles. The molecule has 0 saturated heterocycles. The van der Waals surface area contributed by atoms with Gasteiger partial charge in [0.1, 0.15) is 11.6 Å². The molecular weight excluding hydrogens is 366 g/mol. The van der Waals surface area contributed by atoms with E-state index in [2.05, 4.69) is 0 Å². The van der Waals surface area contributed by atoms with E-state index in [4.69, 9.17) is 10.5 Å². The van der Waals surface area contributed by atoms with Gasteiger partial charge in [0, 0.05) is 24.9 Å². The largest absolute Gasteiger partial charge is 0.478 e. The number of carboxylic acids is 1. The van der Waals surface area contributed by atoms with Crippen LogP contribution in [0.1, 0.15) is 25.3 Å². The Morgan fingerprint density at radius 1 is 1.29 bits per heavy atom. The predicted octanol–water partition coefficient (Wildman–Crippen LogP) is 3.81. The van der Waals surface area contributed by atoms with E-state index in [0.717, 1.165) is 41.8 Å². The van der Waals surface area contributed by atoms with Crippen molar-refractivity contribution in [2.45, 2.75) is 26.0 Å². The summed E-state index contributed by atoms with van der Waals surface area (Å²) >= 11 is 0. The van der Waals surface area contributed by atoms with Crippen LogP contribution in [0.15, 0.2) is 52.9 Å². The summed E-state index contributed by atoms with van der Waals surface area (Å²) in [5.41, 5.74) is 8.42. The van der Waals surface area contributed by atoms with Crippen molar-refractivity contribution in [2.75, 3.05) is 12.8 Å². The number of allylic oxidation sites excluding steroid dienone is 5. The number of hydrogen-bond donors (Lipinski definition) is 2. The second kappa shape index (κ2) is 6.60. The molecule has 1 atom stereocenters. The van der Waals surface area contributed by atoms with Gasteiger partial charge in [-0.05, 0) is 60.6 Å². The van der Waals surface area contributed by atoms with E-state index in [0.29, 0.717) is 5.57 Å². The van der Waals surface area contributed by atoms with Gasteiger partial charge in [0.25, 0.3) is 0 Å². The van der Waals surface area contributed by atoms with Crippen LogP contribution in [0.5, 0.6) is 0 Å². The molecule has 1 aromatic carbocycles. The zero-order valence-corrected chi connectivity index (χ0v) is 15.5. The number of methoxy groups -OCH3 is 1. The van der Waals surface area contributed by atoms with E-state index in [9.17, 15) is 18.7 Å². The number of rotatable bonds is 4. The number of anilines is 1. The molecule has 0 amide bonds. The van der Waals surface area contributed by atoms with Crippen LogP contribution in [-0.4, -0.2) is 29.3 Å². The molecule has 1 saturated carbocycles. The molecule has 1 aromatic rings. The molecule has 7 heteroatoms. The Kier molecular flexibility index (Phi) is 4.34. The number of carbonyl (C=O) groups is 1. The lowest BCUT2D eigenvalue weighted by Crippen LogP contribution is -2.40. The Morgan fingerprint density at radius 3 is 2.61 bits per heavy atom. The first-order valence-electron chi connectivity index (χ1n) is 8.98. The molecule has 146 valence electrons. The van der Waals surface area contributed by atoms with Gasteiger partial charge in [-0.3, -0.25) is 0 Å². The number of nitrogen functional groups attached to an aromatic ring is 1. The van der Waals surface area contributed by atoms with Crippen LogP contribution in [0.3, 0.4) is 0 Å². The summed E-state index contributed by atoms with van der Waals surface area (Å²) in [4.78, 5) is 13.5. The maximum absolute atomic E-state index is 14.5. The van der Waals surface area contributed by atoms with Crippen LogP contribution in [0.25, 0.3) is 5.57 Å². The third-order valence-electron chi connectivity index (χ3n) is 5.39. The number of benzene rings is 1. The van der Waals surface area contributed by atoms with Gasteiger partial charge in [0.15, 0.2) is 6.23 Å². The van der Waals surface area contributed by atoms with Crippen molar-refractivity contribution >= 4 is 17.2 Å². The fraction of sp³-hybridized carbons (Fsp3) is 0.286. The Hall–Kier alpha value is -2.93. The first kappa shape index (κ1) is 18.4. The van der Waals surface area contributed by atoms with Crippen molar-refractivity contribution < 1.29 is 23.4 Å². The molecule has 5 nitrogen and oxygen atoms in total. The summed E-state index contributed by atoms with van der Waals surface area (Å²) in [5, 5.41) is 9.60. The van der Waals surface area contributed by atoms with Gasteiger partial charge in [0.2, 0.25) is 0 Å². The molecule has 0 spiro atoms. The van der Waals surface area contributed by atoms with Gasteiger partial charge < -0.3 is 20.5 Å². The van der Waals surface area contributed by atoms with E-state index in [1.165, 1.54) is 7.11 Å². The molecule has 3 aliphatic rings. The Bertz CT molecular complexity index is 1000. The van der Waals surface area contributed by atoms with Crippen LogP contribution >= 0.6 is 0 Å². The highest BCUT2D eigenvalue weighted by atomic mass is 19.1. The van der Waals surface area contributed by atoms with E-state index in [1.54, 1.807) is 23.3 Å². The Balaban J connectivity index is 1.93. The molecule has 2 heterocycles. The molecule has 28 heavy (non-hydrogen) atoms. The molecule has 2 aliphatic heterocycles. The molecular formula is C21H20F2N2O3. The number of nitrogens with zero attached hydrogens (tertiary/aromatic N) is 1. The van der Waals surface area contributed by atoms with Crippen LogP contribution < -0.4 is 5.73 Å². The van der Waals surface area contributed by atoms with Crippen molar-refractivity contribution in [1.82, 2.24) is 4.90 Å². The van der Waals surface area contributed by atoms with Crippen LogP contribution in [-0.2, 0) is 9.53 Å². The fourth-order valence-electron chi connectivity index (χ4n) is 3.87. The van der Waals surface area contributed by atoms with Crippen molar-refractivity contribution in [1.29, 1.82) is 0 Å². The van der Waals surface area contributed by atoms with Gasteiger partial charge in [0.05, 0.1) is 17.0 Å². The van der Waals surface area contributed by atoms with E-state index < -0.39 is 23.8 Å². The third-order valence-corrected chi connectivity index (χ3v) is 5.39. The van der Waals surface area contributed by atoms with E-state index >= 15 is 0 Å². The maximum Gasteiger partial charge on any atom is 0.336 e. The van der Waals surface area contributed by atoms with Crippen LogP contribution in [0, 0.1) is 17.6 Å². The highest BCUT2D eigenvalue weighted by Crippen LogP contribution is 2.47. The Morgan fingerprint density at radius 2 is 2.00 bits per heavy atom. The predicted molar refractivity (Wildman–Crippen MR) is 101 cm³/mol. The number of halogens is 2. The summed E-state index contributed by atoms with van der Waals surface area (Å²) in [6, 6.07) is 2.07. The number of ether oxygens (including phenoxy) is 1. The van der Waals surface area contributed by atoms with Gasteiger partial charge >= 0.3 is 5.97 Å². The van der Waals surface area contributed by atoms with Crippen molar-refractivity contribution in [3.8, 4) is 0 Å². The van der Waals surface area contributed by atoms with Crippen LogP contribution in [0.4, 0.5) is 14.5 Å². The Labute approximate surface area is 161 Å². The second-order valence-electron chi connectivity index (χ2n) is 7.19. The molecule has 0 radical (unpaired) electrons. The molecule has 4 rings (SSSR count). The molecule has 0 unspecified atom stereocenters. The molecule has 1 aliphatic carbocycles. The number of nitrogens with two attached hydrogens (primary N) is 1. The summed E-state index contributed by atoms with van der Waals surface area (Å²) < 4.78 is 34.0. The summed E-state index contributed by atoms with van der Waals surface area (Å²) in [7, 11) is 1.44. The minimum absolute atomic E-state index is 0.115. The van der Waals surface area contributed by atoms with Crippen LogP contribution in [0.2, 0.25) is 0 Å². The highest BCUT2D eigenvalue weighted by Gasteiger charge is 2.40. The molecule has 3 N–H and O–H groups in total. The topological polar surface area (TPSA) is 75.8 Å². The smallest absolute Gasteiger partial charge is 0.336 e. The zero-order valence-electron chi connectivity index (χ0n) is 15.5. The average molecular weight is 386 g/mol. The average Bonchev–Trinajstić information content (AvgIpc) is 3.49. The standard InChI is InChI=1S/C21H20F2N2O3/c1-10-12(14-8-17(23)18(24)9-16(14)22)5-6-25-19(10)13(11-3-4-11)7-15(21(26)27)20(25)28-2/h5-9,11,20H,3-4,24H2,1-2H3,(H,26,27)/t20-/m0/s1. The summed E-state index contributed by atoms with van der Waals surface area (Å²) in [6.07, 6.45) is 6.11. The fourth-order valence-corrected chi connectivity index (χ4v) is 3.87. The van der Waals surface area contributed by atoms with Gasteiger partial charge in [-0.25, -0.2) is 13.6 Å². The second-order valence-corrected chi connectivity index (χ2v) is 7.19. The monoisotopic (exact) mass is 386 g/mol. The van der Waals surface area contributed by atoms with E-state index in [1.807, 2.05) is 6.92 Å².